The molecule has 5 heteroatoms. The van der Waals surface area contributed by atoms with Crippen molar-refractivity contribution in [1.29, 1.82) is 0 Å². The van der Waals surface area contributed by atoms with E-state index in [9.17, 15) is 8.78 Å². The van der Waals surface area contributed by atoms with E-state index >= 15 is 0 Å². The summed E-state index contributed by atoms with van der Waals surface area (Å²) in [6.07, 6.45) is 0. The molecule has 0 aliphatic heterocycles. The molecule has 0 aromatic heterocycles. The lowest BCUT2D eigenvalue weighted by Gasteiger charge is -2.15. The van der Waals surface area contributed by atoms with Gasteiger partial charge in [-0.3, -0.25) is 0 Å². The highest BCUT2D eigenvalue weighted by molar-refractivity contribution is 6.33. The van der Waals surface area contributed by atoms with E-state index in [1.54, 1.807) is 25.1 Å². The van der Waals surface area contributed by atoms with Gasteiger partial charge in [0.05, 0.1) is 12.5 Å². The molecule has 0 aliphatic rings. The Morgan fingerprint density at radius 3 is 2.45 bits per heavy atom. The van der Waals surface area contributed by atoms with Gasteiger partial charge in [-0.1, -0.05) is 23.7 Å². The van der Waals surface area contributed by atoms with Crippen LogP contribution in [0.5, 0.6) is 5.75 Å². The first-order chi connectivity index (χ1) is 9.45. The molecule has 2 aromatic rings. The molecule has 0 heterocycles. The van der Waals surface area contributed by atoms with Gasteiger partial charge in [-0.2, -0.15) is 0 Å². The van der Waals surface area contributed by atoms with Crippen LogP contribution >= 0.6 is 23.2 Å². The standard InChI is InChI=1S/C15H12Cl2F2O/c1-8-3-6-12(18)13(15(8)19)14(17)10-5-4-9(20-2)7-11(10)16/h3-7,14H,1-2H3. The zero-order valence-corrected chi connectivity index (χ0v) is 12.4. The molecular weight excluding hydrogens is 305 g/mol. The Kier molecular flexibility index (Phi) is 4.51. The number of hydrogen-bond acceptors (Lipinski definition) is 1. The van der Waals surface area contributed by atoms with Crippen molar-refractivity contribution >= 4 is 23.2 Å². The molecule has 0 radical (unpaired) electrons. The summed E-state index contributed by atoms with van der Waals surface area (Å²) in [5.41, 5.74) is 0.563. The highest BCUT2D eigenvalue weighted by Gasteiger charge is 2.23. The minimum atomic E-state index is -1.01. The van der Waals surface area contributed by atoms with Crippen molar-refractivity contribution in [3.8, 4) is 5.75 Å². The zero-order chi connectivity index (χ0) is 14.9. The number of hydrogen-bond donors (Lipinski definition) is 0. The second-order valence-electron chi connectivity index (χ2n) is 4.34. The van der Waals surface area contributed by atoms with Crippen molar-refractivity contribution < 1.29 is 13.5 Å². The number of aryl methyl sites for hydroxylation is 1. The molecule has 2 aromatic carbocycles. The predicted molar refractivity (Wildman–Crippen MR) is 76.8 cm³/mol. The molecule has 0 amide bonds. The van der Waals surface area contributed by atoms with Crippen LogP contribution in [-0.4, -0.2) is 7.11 Å². The number of alkyl halides is 1. The minimum Gasteiger partial charge on any atom is -0.497 e. The predicted octanol–water partition coefficient (Wildman–Crippen LogP) is 5.26. The van der Waals surface area contributed by atoms with Gasteiger partial charge >= 0.3 is 0 Å². The molecule has 0 aliphatic carbocycles. The molecule has 1 unspecified atom stereocenters. The average Bonchev–Trinajstić information content (AvgIpc) is 2.43. The SMILES string of the molecule is COc1ccc(C(Cl)c2c(F)ccc(C)c2F)c(Cl)c1. The first kappa shape index (κ1) is 15.1. The van der Waals surface area contributed by atoms with E-state index in [1.165, 1.54) is 19.2 Å². The normalized spacial score (nSPS) is 12.3. The molecule has 0 fully saturated rings. The molecular formula is C15H12Cl2F2O. The molecule has 20 heavy (non-hydrogen) atoms. The molecule has 0 saturated heterocycles. The Balaban J connectivity index is 2.52. The lowest BCUT2D eigenvalue weighted by Crippen LogP contribution is -2.03. The molecule has 0 bridgehead atoms. The van der Waals surface area contributed by atoms with Crippen molar-refractivity contribution in [2.45, 2.75) is 12.3 Å². The molecule has 0 spiro atoms. The largest absolute Gasteiger partial charge is 0.497 e. The topological polar surface area (TPSA) is 9.23 Å². The van der Waals surface area contributed by atoms with Gasteiger partial charge in [0.25, 0.3) is 0 Å². The quantitative estimate of drug-likeness (QED) is 0.701. The van der Waals surface area contributed by atoms with Gasteiger partial charge in [0.1, 0.15) is 17.4 Å². The van der Waals surface area contributed by atoms with Crippen LogP contribution in [0.25, 0.3) is 0 Å². The maximum atomic E-state index is 14.1. The zero-order valence-electron chi connectivity index (χ0n) is 10.9. The van der Waals surface area contributed by atoms with E-state index < -0.39 is 17.0 Å². The molecule has 106 valence electrons. The van der Waals surface area contributed by atoms with Gasteiger partial charge in [-0.25, -0.2) is 8.78 Å². The summed E-state index contributed by atoms with van der Waals surface area (Å²) in [5.74, 6) is -0.801. The number of rotatable bonds is 3. The highest BCUT2D eigenvalue weighted by Crippen LogP contribution is 2.38. The Labute approximate surface area is 126 Å². The Bertz CT molecular complexity index is 644. The fraction of sp³-hybridized carbons (Fsp3) is 0.200. The van der Waals surface area contributed by atoms with Crippen LogP contribution in [0.3, 0.4) is 0 Å². The molecule has 0 N–H and O–H groups in total. The molecule has 2 rings (SSSR count). The first-order valence-corrected chi connectivity index (χ1v) is 6.69. The van der Waals surface area contributed by atoms with Crippen LogP contribution in [0.15, 0.2) is 30.3 Å². The summed E-state index contributed by atoms with van der Waals surface area (Å²) in [6.45, 7) is 1.55. The van der Waals surface area contributed by atoms with E-state index in [-0.39, 0.29) is 5.56 Å². The van der Waals surface area contributed by atoms with Gasteiger partial charge in [0.15, 0.2) is 0 Å². The summed E-state index contributed by atoms with van der Waals surface area (Å²) < 4.78 is 33.0. The van der Waals surface area contributed by atoms with Gasteiger partial charge in [0, 0.05) is 10.6 Å². The third-order valence-electron chi connectivity index (χ3n) is 3.05. The van der Waals surface area contributed by atoms with Gasteiger partial charge in [0.2, 0.25) is 0 Å². The number of benzene rings is 2. The highest BCUT2D eigenvalue weighted by atomic mass is 35.5. The van der Waals surface area contributed by atoms with Crippen LogP contribution < -0.4 is 4.74 Å². The second kappa shape index (κ2) is 5.98. The Morgan fingerprint density at radius 1 is 1.15 bits per heavy atom. The van der Waals surface area contributed by atoms with Crippen LogP contribution in [-0.2, 0) is 0 Å². The first-order valence-electron chi connectivity index (χ1n) is 5.87. The summed E-state index contributed by atoms with van der Waals surface area (Å²) >= 11 is 12.3. The number of ether oxygens (including phenoxy) is 1. The maximum Gasteiger partial charge on any atom is 0.134 e. The molecule has 0 saturated carbocycles. The van der Waals surface area contributed by atoms with E-state index in [1.807, 2.05) is 0 Å². The van der Waals surface area contributed by atoms with E-state index in [4.69, 9.17) is 27.9 Å². The van der Waals surface area contributed by atoms with Gasteiger partial charge in [-0.05, 0) is 36.2 Å². The summed E-state index contributed by atoms with van der Waals surface area (Å²) in [4.78, 5) is 0. The molecule has 1 nitrogen and oxygen atoms in total. The Morgan fingerprint density at radius 2 is 1.85 bits per heavy atom. The summed E-state index contributed by atoms with van der Waals surface area (Å²) in [7, 11) is 1.50. The van der Waals surface area contributed by atoms with Crippen molar-refractivity contribution in [1.82, 2.24) is 0 Å². The second-order valence-corrected chi connectivity index (χ2v) is 5.19. The summed E-state index contributed by atoms with van der Waals surface area (Å²) in [5, 5.41) is -0.710. The molecule has 1 atom stereocenters. The van der Waals surface area contributed by atoms with Crippen LogP contribution in [0.1, 0.15) is 22.1 Å². The van der Waals surface area contributed by atoms with Crippen molar-refractivity contribution in [3.63, 3.8) is 0 Å². The smallest absolute Gasteiger partial charge is 0.134 e. The maximum absolute atomic E-state index is 14.1. The fourth-order valence-electron chi connectivity index (χ4n) is 1.91. The van der Waals surface area contributed by atoms with Gasteiger partial charge < -0.3 is 4.74 Å². The minimum absolute atomic E-state index is 0.196. The third-order valence-corrected chi connectivity index (χ3v) is 3.83. The van der Waals surface area contributed by atoms with Crippen molar-refractivity contribution in [2.75, 3.05) is 7.11 Å². The van der Waals surface area contributed by atoms with E-state index in [0.29, 0.717) is 21.9 Å². The van der Waals surface area contributed by atoms with E-state index in [2.05, 4.69) is 0 Å². The third kappa shape index (κ3) is 2.74. The van der Waals surface area contributed by atoms with Crippen LogP contribution in [0.4, 0.5) is 8.78 Å². The van der Waals surface area contributed by atoms with Crippen molar-refractivity contribution in [2.24, 2.45) is 0 Å². The fourth-order valence-corrected chi connectivity index (χ4v) is 2.63. The van der Waals surface area contributed by atoms with Crippen LogP contribution in [0, 0.1) is 18.6 Å². The van der Waals surface area contributed by atoms with E-state index in [0.717, 1.165) is 0 Å². The van der Waals surface area contributed by atoms with Crippen molar-refractivity contribution in [3.05, 3.63) is 63.7 Å². The Hall–Kier alpha value is -1.32. The van der Waals surface area contributed by atoms with Gasteiger partial charge in [-0.15, -0.1) is 11.6 Å². The number of methoxy groups -OCH3 is 1. The number of halogens is 4. The van der Waals surface area contributed by atoms with Crippen LogP contribution in [0.2, 0.25) is 5.02 Å². The summed E-state index contributed by atoms with van der Waals surface area (Å²) in [6, 6.07) is 7.36. The lowest BCUT2D eigenvalue weighted by atomic mass is 10.0. The average molecular weight is 317 g/mol. The monoisotopic (exact) mass is 316 g/mol. The lowest BCUT2D eigenvalue weighted by molar-refractivity contribution is 0.414.